The number of phenols is 1. The molecule has 16 heavy (non-hydrogen) atoms. The Morgan fingerprint density at radius 2 is 2.06 bits per heavy atom. The quantitative estimate of drug-likeness (QED) is 0.836. The van der Waals surface area contributed by atoms with Gasteiger partial charge in [-0.1, -0.05) is 18.0 Å². The topological polar surface area (TPSA) is 57.5 Å². The first kappa shape index (κ1) is 11.3. The average molecular weight is 241 g/mol. The number of carboxylic acids is 1. The Kier molecular flexibility index (Phi) is 2.58. The van der Waals surface area contributed by atoms with Crippen molar-refractivity contribution in [2.24, 2.45) is 0 Å². The van der Waals surface area contributed by atoms with Gasteiger partial charge in [0.1, 0.15) is 5.75 Å². The van der Waals surface area contributed by atoms with Gasteiger partial charge in [-0.25, -0.2) is 0 Å². The molecule has 0 aromatic heterocycles. The van der Waals surface area contributed by atoms with Crippen LogP contribution in [0.4, 0.5) is 0 Å². The number of aliphatic carboxylic acids is 1. The van der Waals surface area contributed by atoms with Crippen molar-refractivity contribution in [3.8, 4) is 5.75 Å². The summed E-state index contributed by atoms with van der Waals surface area (Å²) in [6, 6.07) is 3.11. The van der Waals surface area contributed by atoms with E-state index in [0.29, 0.717) is 18.4 Å². The fourth-order valence-corrected chi connectivity index (χ4v) is 2.52. The van der Waals surface area contributed by atoms with Gasteiger partial charge in [-0.15, -0.1) is 0 Å². The summed E-state index contributed by atoms with van der Waals surface area (Å²) < 4.78 is 0. The Bertz CT molecular complexity index is 450. The first-order chi connectivity index (χ1) is 7.47. The molecule has 1 aromatic carbocycles. The van der Waals surface area contributed by atoms with Crippen LogP contribution in [0.15, 0.2) is 12.1 Å². The molecule has 1 saturated carbocycles. The van der Waals surface area contributed by atoms with Crippen LogP contribution in [0, 0.1) is 6.92 Å². The number of rotatable bonds is 2. The second-order valence-electron chi connectivity index (χ2n) is 4.36. The summed E-state index contributed by atoms with van der Waals surface area (Å²) in [6.07, 6.45) is 2.17. The van der Waals surface area contributed by atoms with Gasteiger partial charge in [0, 0.05) is 0 Å². The van der Waals surface area contributed by atoms with Gasteiger partial charge in [0.05, 0.1) is 10.4 Å². The van der Waals surface area contributed by atoms with Gasteiger partial charge in [0.15, 0.2) is 0 Å². The van der Waals surface area contributed by atoms with Crippen molar-refractivity contribution < 1.29 is 15.0 Å². The Morgan fingerprint density at radius 3 is 2.50 bits per heavy atom. The van der Waals surface area contributed by atoms with E-state index in [-0.39, 0.29) is 10.8 Å². The molecule has 0 atom stereocenters. The summed E-state index contributed by atoms with van der Waals surface area (Å²) in [7, 11) is 0. The molecule has 0 bridgehead atoms. The summed E-state index contributed by atoms with van der Waals surface area (Å²) in [4.78, 5) is 11.3. The lowest BCUT2D eigenvalue weighted by molar-refractivity contribution is -0.147. The van der Waals surface area contributed by atoms with E-state index < -0.39 is 11.4 Å². The minimum Gasteiger partial charge on any atom is -0.506 e. The van der Waals surface area contributed by atoms with Crippen LogP contribution in [0.3, 0.4) is 0 Å². The number of aromatic hydroxyl groups is 1. The van der Waals surface area contributed by atoms with Crippen LogP contribution in [-0.2, 0) is 10.2 Å². The molecule has 1 fully saturated rings. The largest absolute Gasteiger partial charge is 0.506 e. The number of phenolic OH excluding ortho intramolecular Hbond substituents is 1. The predicted molar refractivity (Wildman–Crippen MR) is 61.0 cm³/mol. The maximum absolute atomic E-state index is 11.3. The van der Waals surface area contributed by atoms with Crippen molar-refractivity contribution in [3.63, 3.8) is 0 Å². The molecule has 2 rings (SSSR count). The third-order valence-electron chi connectivity index (χ3n) is 3.43. The van der Waals surface area contributed by atoms with E-state index in [1.54, 1.807) is 6.07 Å². The zero-order valence-corrected chi connectivity index (χ0v) is 9.71. The minimum atomic E-state index is -0.816. The summed E-state index contributed by atoms with van der Waals surface area (Å²) in [5, 5.41) is 19.1. The second kappa shape index (κ2) is 3.67. The van der Waals surface area contributed by atoms with E-state index in [2.05, 4.69) is 0 Å². The van der Waals surface area contributed by atoms with Crippen molar-refractivity contribution in [2.45, 2.75) is 31.6 Å². The molecular formula is C12H13ClO3. The first-order valence-corrected chi connectivity index (χ1v) is 5.58. The normalized spacial score (nSPS) is 17.9. The number of carboxylic acid groups (broad SMARTS) is 1. The standard InChI is InChI=1S/C12H13ClO3/c1-7-5-9(13)10(14)6-8(7)12(11(15)16)3-2-4-12/h5-6,14H,2-4H2,1H3,(H,15,16). The van der Waals surface area contributed by atoms with Crippen LogP contribution in [-0.4, -0.2) is 16.2 Å². The summed E-state index contributed by atoms with van der Waals surface area (Å²) >= 11 is 5.78. The lowest BCUT2D eigenvalue weighted by atomic mass is 9.63. The molecule has 3 nitrogen and oxygen atoms in total. The highest BCUT2D eigenvalue weighted by atomic mass is 35.5. The van der Waals surface area contributed by atoms with E-state index in [1.807, 2.05) is 6.92 Å². The van der Waals surface area contributed by atoms with Gasteiger partial charge >= 0.3 is 5.97 Å². The molecule has 86 valence electrons. The number of carbonyl (C=O) groups is 1. The fourth-order valence-electron chi connectivity index (χ4n) is 2.31. The van der Waals surface area contributed by atoms with Crippen molar-refractivity contribution >= 4 is 17.6 Å². The summed E-state index contributed by atoms with van der Waals surface area (Å²) in [5.74, 6) is -0.863. The third kappa shape index (κ3) is 1.47. The molecule has 0 amide bonds. The lowest BCUT2D eigenvalue weighted by Crippen LogP contribution is -2.42. The van der Waals surface area contributed by atoms with Gasteiger partial charge in [-0.2, -0.15) is 0 Å². The van der Waals surface area contributed by atoms with Gasteiger partial charge in [0.2, 0.25) is 0 Å². The van der Waals surface area contributed by atoms with Crippen molar-refractivity contribution in [1.29, 1.82) is 0 Å². The van der Waals surface area contributed by atoms with Crippen LogP contribution in [0.5, 0.6) is 5.75 Å². The van der Waals surface area contributed by atoms with Crippen LogP contribution < -0.4 is 0 Å². The monoisotopic (exact) mass is 240 g/mol. The van der Waals surface area contributed by atoms with Crippen LogP contribution in [0.2, 0.25) is 5.02 Å². The number of aryl methyl sites for hydroxylation is 1. The summed E-state index contributed by atoms with van der Waals surface area (Å²) in [5.41, 5.74) is 0.699. The predicted octanol–water partition coefficient (Wildman–Crippen LogP) is 2.86. The first-order valence-electron chi connectivity index (χ1n) is 5.20. The zero-order valence-electron chi connectivity index (χ0n) is 8.96. The number of halogens is 1. The maximum atomic E-state index is 11.3. The molecule has 1 aliphatic rings. The molecule has 1 aromatic rings. The average Bonchev–Trinajstić information content (AvgIpc) is 2.11. The van der Waals surface area contributed by atoms with Crippen molar-refractivity contribution in [3.05, 3.63) is 28.3 Å². The van der Waals surface area contributed by atoms with E-state index in [9.17, 15) is 15.0 Å². The van der Waals surface area contributed by atoms with Gasteiger partial charge in [0.25, 0.3) is 0 Å². The van der Waals surface area contributed by atoms with Crippen LogP contribution in [0.25, 0.3) is 0 Å². The highest BCUT2D eigenvalue weighted by Crippen LogP contribution is 2.46. The number of hydrogen-bond donors (Lipinski definition) is 2. The molecule has 1 aliphatic carbocycles. The van der Waals surface area contributed by atoms with Crippen LogP contribution in [0.1, 0.15) is 30.4 Å². The Balaban J connectivity index is 2.55. The zero-order chi connectivity index (χ0) is 11.9. The molecule has 0 spiro atoms. The molecule has 4 heteroatoms. The molecule has 0 saturated heterocycles. The number of hydrogen-bond acceptors (Lipinski definition) is 2. The molecule has 0 unspecified atom stereocenters. The highest BCUT2D eigenvalue weighted by Gasteiger charge is 2.46. The van der Waals surface area contributed by atoms with Crippen molar-refractivity contribution in [2.75, 3.05) is 0 Å². The van der Waals surface area contributed by atoms with E-state index in [4.69, 9.17) is 11.6 Å². The van der Waals surface area contributed by atoms with Crippen LogP contribution >= 0.6 is 11.6 Å². The van der Waals surface area contributed by atoms with E-state index >= 15 is 0 Å². The Labute approximate surface area is 98.7 Å². The SMILES string of the molecule is Cc1cc(Cl)c(O)cc1C1(C(=O)O)CCC1. The molecule has 0 radical (unpaired) electrons. The Hall–Kier alpha value is -1.22. The van der Waals surface area contributed by atoms with Gasteiger partial charge < -0.3 is 10.2 Å². The van der Waals surface area contributed by atoms with Crippen molar-refractivity contribution in [1.82, 2.24) is 0 Å². The fraction of sp³-hybridized carbons (Fsp3) is 0.417. The molecule has 2 N–H and O–H groups in total. The Morgan fingerprint density at radius 1 is 1.44 bits per heavy atom. The van der Waals surface area contributed by atoms with E-state index in [1.165, 1.54) is 6.07 Å². The summed E-state index contributed by atoms with van der Waals surface area (Å²) in [6.45, 7) is 1.82. The maximum Gasteiger partial charge on any atom is 0.314 e. The third-order valence-corrected chi connectivity index (χ3v) is 3.73. The highest BCUT2D eigenvalue weighted by molar-refractivity contribution is 6.32. The second-order valence-corrected chi connectivity index (χ2v) is 4.77. The lowest BCUT2D eigenvalue weighted by Gasteiger charge is -2.39. The van der Waals surface area contributed by atoms with Gasteiger partial charge in [-0.3, -0.25) is 4.79 Å². The smallest absolute Gasteiger partial charge is 0.314 e. The molecular weight excluding hydrogens is 228 g/mol. The molecule has 0 aliphatic heterocycles. The van der Waals surface area contributed by atoms with E-state index in [0.717, 1.165) is 12.0 Å². The number of benzene rings is 1. The minimum absolute atomic E-state index is 0.0465. The molecule has 0 heterocycles. The van der Waals surface area contributed by atoms with Gasteiger partial charge in [-0.05, 0) is 43.0 Å².